The molecule has 2 heterocycles. The minimum Gasteiger partial charge on any atom is -0.468 e. The fraction of sp³-hybridized carbons (Fsp3) is 0.333. The van der Waals surface area contributed by atoms with Crippen LogP contribution in [-0.4, -0.2) is 38.2 Å². The quantitative estimate of drug-likeness (QED) is 0.326. The van der Waals surface area contributed by atoms with E-state index in [9.17, 15) is 14.9 Å². The van der Waals surface area contributed by atoms with Crippen LogP contribution in [0.5, 0.6) is 0 Å². The van der Waals surface area contributed by atoms with Crippen LogP contribution >= 0.6 is 11.8 Å². The Hall–Kier alpha value is -2.43. The molecule has 2 rings (SSSR count). The number of furan rings is 1. The summed E-state index contributed by atoms with van der Waals surface area (Å²) in [6, 6.07) is 2.77. The van der Waals surface area contributed by atoms with E-state index >= 15 is 0 Å². The fourth-order valence-electron chi connectivity index (χ4n) is 1.26. The number of nitro groups is 1. The van der Waals surface area contributed by atoms with Crippen molar-refractivity contribution in [3.8, 4) is 0 Å². The van der Waals surface area contributed by atoms with Gasteiger partial charge in [-0.3, -0.25) is 14.9 Å². The van der Waals surface area contributed by atoms with Crippen molar-refractivity contribution in [3.05, 3.63) is 28.0 Å². The summed E-state index contributed by atoms with van der Waals surface area (Å²) < 4.78 is 10.8. The molecule has 0 aliphatic carbocycles. The van der Waals surface area contributed by atoms with E-state index in [1.54, 1.807) is 0 Å². The average Bonchev–Trinajstić information content (AvgIpc) is 3.05. The zero-order chi connectivity index (χ0) is 14.5. The zero-order valence-corrected chi connectivity index (χ0v) is 11.1. The normalized spacial score (nSPS) is 10.4. The molecule has 0 aliphatic heterocycles. The van der Waals surface area contributed by atoms with Crippen molar-refractivity contribution in [2.75, 3.05) is 7.11 Å². The molecule has 20 heavy (non-hydrogen) atoms. The van der Waals surface area contributed by atoms with E-state index in [1.807, 2.05) is 0 Å². The summed E-state index contributed by atoms with van der Waals surface area (Å²) in [6.07, 6.45) is 0. The van der Waals surface area contributed by atoms with Gasteiger partial charge >= 0.3 is 11.9 Å². The average molecular weight is 299 g/mol. The summed E-state index contributed by atoms with van der Waals surface area (Å²) in [4.78, 5) is 21.0. The molecule has 0 bridgehead atoms. The first-order valence-electron chi connectivity index (χ1n) is 5.29. The third kappa shape index (κ3) is 3.32. The molecule has 0 spiro atoms. The third-order valence-corrected chi connectivity index (χ3v) is 3.16. The maximum Gasteiger partial charge on any atom is 0.433 e. The van der Waals surface area contributed by atoms with Crippen LogP contribution in [0.4, 0.5) is 5.88 Å². The molecule has 11 heteroatoms. The minimum absolute atomic E-state index is 0.107. The molecule has 2 aromatic heterocycles. The van der Waals surface area contributed by atoms with Gasteiger partial charge in [0, 0.05) is 0 Å². The number of esters is 1. The van der Waals surface area contributed by atoms with Crippen molar-refractivity contribution in [1.29, 1.82) is 0 Å². The molecule has 0 atom stereocenters. The Morgan fingerprint density at radius 3 is 3.05 bits per heavy atom. The molecule has 0 saturated heterocycles. The van der Waals surface area contributed by atoms with Crippen molar-refractivity contribution < 1.29 is 18.9 Å². The Morgan fingerprint density at radius 2 is 2.40 bits per heavy atom. The molecule has 0 amide bonds. The van der Waals surface area contributed by atoms with E-state index in [0.29, 0.717) is 16.7 Å². The maximum absolute atomic E-state index is 11.1. The van der Waals surface area contributed by atoms with Gasteiger partial charge in [0.25, 0.3) is 0 Å². The van der Waals surface area contributed by atoms with Crippen LogP contribution in [-0.2, 0) is 21.8 Å². The lowest BCUT2D eigenvalue weighted by Crippen LogP contribution is -2.13. The Balaban J connectivity index is 1.98. The summed E-state index contributed by atoms with van der Waals surface area (Å²) in [6.45, 7) is -0.107. The van der Waals surface area contributed by atoms with Crippen LogP contribution in [0, 0.1) is 10.1 Å². The minimum atomic E-state index is -0.616. The third-order valence-electron chi connectivity index (χ3n) is 2.18. The molecular weight excluding hydrogens is 290 g/mol. The van der Waals surface area contributed by atoms with E-state index in [2.05, 4.69) is 20.3 Å². The topological polar surface area (TPSA) is 126 Å². The molecule has 0 aromatic carbocycles. The van der Waals surface area contributed by atoms with E-state index < -0.39 is 10.9 Å². The predicted octanol–water partition coefficient (Wildman–Crippen LogP) is 0.640. The van der Waals surface area contributed by atoms with Crippen LogP contribution in [0.15, 0.2) is 21.7 Å². The molecule has 0 N–H and O–H groups in total. The van der Waals surface area contributed by atoms with Crippen LogP contribution in [0.2, 0.25) is 0 Å². The van der Waals surface area contributed by atoms with Gasteiger partial charge < -0.3 is 9.15 Å². The Morgan fingerprint density at radius 1 is 1.60 bits per heavy atom. The standard InChI is InChI=1S/C9H9N5O5S/c1-18-8(15)4-13-9(10-11-12-13)20-5-6-2-3-7(19-6)14(16)17/h2-3H,4-5H2,1H3. The van der Waals surface area contributed by atoms with E-state index in [4.69, 9.17) is 4.42 Å². The SMILES string of the molecule is COC(=O)Cn1nnnc1SCc1ccc([N+](=O)[O-])o1. The summed E-state index contributed by atoms with van der Waals surface area (Å²) in [5.41, 5.74) is 0. The van der Waals surface area contributed by atoms with E-state index in [1.165, 1.54) is 35.7 Å². The Kier molecular flexibility index (Phi) is 4.30. The van der Waals surface area contributed by atoms with Gasteiger partial charge in [0.05, 0.1) is 18.9 Å². The second kappa shape index (κ2) is 6.14. The molecule has 2 aromatic rings. The monoisotopic (exact) mass is 299 g/mol. The van der Waals surface area contributed by atoms with E-state index in [0.717, 1.165) is 0 Å². The molecular formula is C9H9N5O5S. The van der Waals surface area contributed by atoms with Crippen molar-refractivity contribution in [2.45, 2.75) is 17.5 Å². The summed E-state index contributed by atoms with van der Waals surface area (Å²) >= 11 is 1.19. The van der Waals surface area contributed by atoms with Gasteiger partial charge in [-0.05, 0) is 16.5 Å². The van der Waals surface area contributed by atoms with Crippen molar-refractivity contribution in [1.82, 2.24) is 20.2 Å². The number of aromatic nitrogens is 4. The van der Waals surface area contributed by atoms with Gasteiger partial charge in [0.2, 0.25) is 5.16 Å². The number of carbonyl (C=O) groups excluding carboxylic acids is 1. The summed E-state index contributed by atoms with van der Waals surface area (Å²) in [7, 11) is 1.27. The van der Waals surface area contributed by atoms with Gasteiger partial charge in [-0.15, -0.1) is 5.10 Å². The second-order valence-electron chi connectivity index (χ2n) is 3.48. The Bertz CT molecular complexity index is 624. The highest BCUT2D eigenvalue weighted by Gasteiger charge is 2.15. The highest BCUT2D eigenvalue weighted by Crippen LogP contribution is 2.23. The number of hydrogen-bond donors (Lipinski definition) is 0. The first-order valence-corrected chi connectivity index (χ1v) is 6.27. The van der Waals surface area contributed by atoms with Gasteiger partial charge in [0.15, 0.2) is 0 Å². The number of hydrogen-bond acceptors (Lipinski definition) is 9. The lowest BCUT2D eigenvalue weighted by Gasteiger charge is -2.01. The van der Waals surface area contributed by atoms with Gasteiger partial charge in [-0.2, -0.15) is 0 Å². The Labute approximate surface area is 116 Å². The van der Waals surface area contributed by atoms with E-state index in [-0.39, 0.29) is 12.4 Å². The van der Waals surface area contributed by atoms with Crippen molar-refractivity contribution >= 4 is 23.6 Å². The van der Waals surface area contributed by atoms with Crippen molar-refractivity contribution in [2.24, 2.45) is 0 Å². The number of rotatable bonds is 6. The maximum atomic E-state index is 11.1. The smallest absolute Gasteiger partial charge is 0.433 e. The first-order chi connectivity index (χ1) is 9.60. The lowest BCUT2D eigenvalue weighted by atomic mass is 10.5. The van der Waals surface area contributed by atoms with Crippen LogP contribution in [0.1, 0.15) is 5.76 Å². The number of thioether (sulfide) groups is 1. The first kappa shape index (κ1) is 14.0. The number of ether oxygens (including phenoxy) is 1. The highest BCUT2D eigenvalue weighted by atomic mass is 32.2. The fourth-order valence-corrected chi connectivity index (χ4v) is 2.03. The number of methoxy groups -OCH3 is 1. The molecule has 10 nitrogen and oxygen atoms in total. The van der Waals surface area contributed by atoms with Gasteiger partial charge in [0.1, 0.15) is 17.2 Å². The molecule has 0 saturated carbocycles. The summed E-state index contributed by atoms with van der Waals surface area (Å²) in [5, 5.41) is 21.7. The van der Waals surface area contributed by atoms with Crippen LogP contribution in [0.25, 0.3) is 0 Å². The molecule has 0 radical (unpaired) electrons. The molecule has 0 unspecified atom stereocenters. The van der Waals surface area contributed by atoms with Crippen LogP contribution in [0.3, 0.4) is 0 Å². The highest BCUT2D eigenvalue weighted by molar-refractivity contribution is 7.98. The van der Waals surface area contributed by atoms with Crippen LogP contribution < -0.4 is 0 Å². The molecule has 0 fully saturated rings. The largest absolute Gasteiger partial charge is 0.468 e. The predicted molar refractivity (Wildman–Crippen MR) is 64.8 cm³/mol. The number of tetrazole rings is 1. The lowest BCUT2D eigenvalue weighted by molar-refractivity contribution is -0.402. The summed E-state index contributed by atoms with van der Waals surface area (Å²) in [5.74, 6) is -0.0908. The van der Waals surface area contributed by atoms with Crippen molar-refractivity contribution in [3.63, 3.8) is 0 Å². The zero-order valence-electron chi connectivity index (χ0n) is 10.3. The number of nitrogens with zero attached hydrogens (tertiary/aromatic N) is 5. The van der Waals surface area contributed by atoms with Gasteiger partial charge in [-0.1, -0.05) is 11.8 Å². The number of carbonyl (C=O) groups is 1. The van der Waals surface area contributed by atoms with Gasteiger partial charge in [-0.25, -0.2) is 4.68 Å². The molecule has 0 aliphatic rings. The molecule has 106 valence electrons. The second-order valence-corrected chi connectivity index (χ2v) is 4.42.